The van der Waals surface area contributed by atoms with Crippen LogP contribution in [0, 0.1) is 12.8 Å². The molecule has 3 nitrogen and oxygen atoms in total. The van der Waals surface area contributed by atoms with Gasteiger partial charge in [0.1, 0.15) is 0 Å². The van der Waals surface area contributed by atoms with Crippen LogP contribution in [0.15, 0.2) is 53.4 Å². The van der Waals surface area contributed by atoms with Gasteiger partial charge in [-0.2, -0.15) is 0 Å². The second-order valence-electron chi connectivity index (χ2n) is 5.64. The topological polar surface area (TPSA) is 46.2 Å². The van der Waals surface area contributed by atoms with Crippen molar-refractivity contribution in [1.82, 2.24) is 4.72 Å². The van der Waals surface area contributed by atoms with Crippen LogP contribution in [-0.2, 0) is 10.0 Å². The van der Waals surface area contributed by atoms with Crippen LogP contribution in [0.1, 0.15) is 19.4 Å². The van der Waals surface area contributed by atoms with Crippen molar-refractivity contribution in [3.05, 3.63) is 54.1 Å². The van der Waals surface area contributed by atoms with Crippen molar-refractivity contribution >= 4 is 10.0 Å². The fraction of sp³-hybridized carbons (Fsp3) is 0.294. The van der Waals surface area contributed by atoms with Gasteiger partial charge < -0.3 is 0 Å². The molecule has 0 unspecified atom stereocenters. The number of sulfonamides is 1. The number of hydrogen-bond acceptors (Lipinski definition) is 2. The molecule has 0 aliphatic carbocycles. The van der Waals surface area contributed by atoms with Gasteiger partial charge in [0, 0.05) is 6.54 Å². The van der Waals surface area contributed by atoms with Gasteiger partial charge in [0.15, 0.2) is 0 Å². The number of rotatable bonds is 5. The molecule has 2 rings (SSSR count). The number of nitrogens with one attached hydrogen (secondary N) is 1. The van der Waals surface area contributed by atoms with Crippen LogP contribution in [0.3, 0.4) is 0 Å². The summed E-state index contributed by atoms with van der Waals surface area (Å²) in [6.07, 6.45) is 0. The maximum atomic E-state index is 12.1. The van der Waals surface area contributed by atoms with Crippen LogP contribution in [0.2, 0.25) is 0 Å². The number of benzene rings is 2. The summed E-state index contributed by atoms with van der Waals surface area (Å²) in [5, 5.41) is 0. The highest BCUT2D eigenvalue weighted by Crippen LogP contribution is 2.21. The summed E-state index contributed by atoms with van der Waals surface area (Å²) in [6, 6.07) is 15.2. The fourth-order valence-corrected chi connectivity index (χ4v) is 3.15. The minimum Gasteiger partial charge on any atom is -0.211 e. The smallest absolute Gasteiger partial charge is 0.211 e. The second-order valence-corrected chi connectivity index (χ2v) is 7.40. The summed E-state index contributed by atoms with van der Waals surface area (Å²) in [6.45, 7) is 6.44. The van der Waals surface area contributed by atoms with E-state index >= 15 is 0 Å². The third-order valence-corrected chi connectivity index (χ3v) is 4.67. The van der Waals surface area contributed by atoms with Gasteiger partial charge in [-0.15, -0.1) is 0 Å². The largest absolute Gasteiger partial charge is 0.240 e. The average Bonchev–Trinajstić information content (AvgIpc) is 2.46. The van der Waals surface area contributed by atoms with Gasteiger partial charge in [-0.1, -0.05) is 55.8 Å². The molecule has 0 aliphatic rings. The van der Waals surface area contributed by atoms with E-state index in [1.54, 1.807) is 12.1 Å². The van der Waals surface area contributed by atoms with Crippen molar-refractivity contribution in [2.75, 3.05) is 6.54 Å². The Morgan fingerprint density at radius 1 is 0.905 bits per heavy atom. The zero-order valence-electron chi connectivity index (χ0n) is 12.6. The average molecular weight is 303 g/mol. The zero-order chi connectivity index (χ0) is 15.5. The van der Waals surface area contributed by atoms with Gasteiger partial charge in [0.25, 0.3) is 0 Å². The molecule has 0 aliphatic heterocycles. The van der Waals surface area contributed by atoms with Crippen molar-refractivity contribution in [1.29, 1.82) is 0 Å². The molecule has 4 heteroatoms. The summed E-state index contributed by atoms with van der Waals surface area (Å²) in [7, 11) is -3.41. The molecule has 2 aromatic carbocycles. The van der Waals surface area contributed by atoms with Gasteiger partial charge >= 0.3 is 0 Å². The predicted octanol–water partition coefficient (Wildman–Crippen LogP) is 3.60. The molecule has 0 amide bonds. The molecule has 112 valence electrons. The first-order chi connectivity index (χ1) is 9.88. The highest BCUT2D eigenvalue weighted by atomic mass is 32.2. The summed E-state index contributed by atoms with van der Waals surface area (Å²) >= 11 is 0. The van der Waals surface area contributed by atoms with Gasteiger partial charge in [-0.25, -0.2) is 13.1 Å². The molecular formula is C17H21NO2S. The highest BCUT2D eigenvalue weighted by Gasteiger charge is 2.13. The van der Waals surface area contributed by atoms with E-state index < -0.39 is 10.0 Å². The van der Waals surface area contributed by atoms with E-state index in [0.717, 1.165) is 11.1 Å². The molecule has 21 heavy (non-hydrogen) atoms. The van der Waals surface area contributed by atoms with Gasteiger partial charge in [-0.05, 0) is 36.1 Å². The van der Waals surface area contributed by atoms with Crippen molar-refractivity contribution in [2.45, 2.75) is 25.7 Å². The first-order valence-electron chi connectivity index (χ1n) is 7.05. The summed E-state index contributed by atoms with van der Waals surface area (Å²) in [4.78, 5) is 0.305. The first kappa shape index (κ1) is 15.7. The molecule has 0 atom stereocenters. The Labute approximate surface area is 127 Å². The minimum absolute atomic E-state index is 0.284. The van der Waals surface area contributed by atoms with Gasteiger partial charge in [0.2, 0.25) is 10.0 Å². The van der Waals surface area contributed by atoms with Crippen molar-refractivity contribution in [2.24, 2.45) is 5.92 Å². The van der Waals surface area contributed by atoms with Crippen LogP contribution in [-0.4, -0.2) is 15.0 Å². The van der Waals surface area contributed by atoms with E-state index in [-0.39, 0.29) is 5.92 Å². The van der Waals surface area contributed by atoms with E-state index in [1.807, 2.05) is 57.2 Å². The van der Waals surface area contributed by atoms with Crippen molar-refractivity contribution < 1.29 is 8.42 Å². The molecule has 0 spiro atoms. The van der Waals surface area contributed by atoms with E-state index in [9.17, 15) is 8.42 Å². The Bertz CT molecular complexity index is 687. The number of hydrogen-bond donors (Lipinski definition) is 1. The molecule has 2 aromatic rings. The van der Waals surface area contributed by atoms with Crippen LogP contribution in [0.25, 0.3) is 11.1 Å². The normalized spacial score (nSPS) is 11.8. The Morgan fingerprint density at radius 2 is 1.38 bits per heavy atom. The zero-order valence-corrected chi connectivity index (χ0v) is 13.4. The van der Waals surface area contributed by atoms with E-state index in [0.29, 0.717) is 11.4 Å². The molecule has 0 saturated carbocycles. The Hall–Kier alpha value is -1.65. The van der Waals surface area contributed by atoms with E-state index in [2.05, 4.69) is 4.72 Å². The Kier molecular flexibility index (Phi) is 4.80. The molecule has 0 radical (unpaired) electrons. The van der Waals surface area contributed by atoms with Crippen molar-refractivity contribution in [3.63, 3.8) is 0 Å². The highest BCUT2D eigenvalue weighted by molar-refractivity contribution is 7.89. The molecule has 0 fully saturated rings. The first-order valence-corrected chi connectivity index (χ1v) is 8.53. The molecule has 0 aromatic heterocycles. The molecule has 0 bridgehead atoms. The Balaban J connectivity index is 2.20. The Morgan fingerprint density at radius 3 is 1.86 bits per heavy atom. The SMILES string of the molecule is Cc1ccc(-c2ccc(S(=O)(=O)NCC(C)C)cc2)cc1. The maximum absolute atomic E-state index is 12.1. The third kappa shape index (κ3) is 4.16. The monoisotopic (exact) mass is 303 g/mol. The van der Waals surface area contributed by atoms with Crippen LogP contribution >= 0.6 is 0 Å². The minimum atomic E-state index is -3.41. The second kappa shape index (κ2) is 6.41. The predicted molar refractivity (Wildman–Crippen MR) is 86.6 cm³/mol. The fourth-order valence-electron chi connectivity index (χ4n) is 1.93. The lowest BCUT2D eigenvalue weighted by atomic mass is 10.0. The van der Waals surface area contributed by atoms with E-state index in [1.165, 1.54) is 5.56 Å². The molecule has 0 saturated heterocycles. The van der Waals surface area contributed by atoms with Crippen LogP contribution in [0.4, 0.5) is 0 Å². The van der Waals surface area contributed by atoms with Gasteiger partial charge in [-0.3, -0.25) is 0 Å². The van der Waals surface area contributed by atoms with Crippen molar-refractivity contribution in [3.8, 4) is 11.1 Å². The molecular weight excluding hydrogens is 282 g/mol. The summed E-state index contributed by atoms with van der Waals surface area (Å²) in [5.41, 5.74) is 3.30. The summed E-state index contributed by atoms with van der Waals surface area (Å²) < 4.78 is 26.8. The van der Waals surface area contributed by atoms with Crippen LogP contribution < -0.4 is 4.72 Å². The van der Waals surface area contributed by atoms with Gasteiger partial charge in [0.05, 0.1) is 4.90 Å². The lowest BCUT2D eigenvalue weighted by Crippen LogP contribution is -2.27. The number of aryl methyl sites for hydroxylation is 1. The van der Waals surface area contributed by atoms with E-state index in [4.69, 9.17) is 0 Å². The molecule has 0 heterocycles. The maximum Gasteiger partial charge on any atom is 0.240 e. The third-order valence-electron chi connectivity index (χ3n) is 3.23. The lowest BCUT2D eigenvalue weighted by Gasteiger charge is -2.09. The lowest BCUT2D eigenvalue weighted by molar-refractivity contribution is 0.560. The standard InChI is InChI=1S/C17H21NO2S/c1-13(2)12-18-21(19,20)17-10-8-16(9-11-17)15-6-4-14(3)5-7-15/h4-11,13,18H,12H2,1-3H3. The van der Waals surface area contributed by atoms with Crippen LogP contribution in [0.5, 0.6) is 0 Å². The summed E-state index contributed by atoms with van der Waals surface area (Å²) in [5.74, 6) is 0.284. The molecule has 1 N–H and O–H groups in total. The quantitative estimate of drug-likeness (QED) is 0.917.